The maximum atomic E-state index is 5.27. The van der Waals surface area contributed by atoms with Gasteiger partial charge in [-0.25, -0.2) is 4.98 Å². The molecule has 1 heterocycles. The van der Waals surface area contributed by atoms with Gasteiger partial charge in [0.25, 0.3) is 0 Å². The summed E-state index contributed by atoms with van der Waals surface area (Å²) < 4.78 is 5.22. The molecule has 0 radical (unpaired) electrons. The molecular weight excluding hydrogens is 270 g/mol. The van der Waals surface area contributed by atoms with Crippen LogP contribution in [0.4, 0.5) is 5.82 Å². The Bertz CT molecular complexity index is 488. The van der Waals surface area contributed by atoms with Gasteiger partial charge in [-0.1, -0.05) is 11.6 Å². The van der Waals surface area contributed by atoms with Crippen molar-refractivity contribution < 1.29 is 4.74 Å². The number of allylic oxidation sites excluding steroid dienone is 1. The van der Waals surface area contributed by atoms with Crippen molar-refractivity contribution >= 4 is 23.1 Å². The minimum atomic E-state index is 0.582. The van der Waals surface area contributed by atoms with Crippen molar-refractivity contribution in [1.82, 2.24) is 10.3 Å². The number of thiocarbonyl (C=S) groups is 1. The van der Waals surface area contributed by atoms with E-state index < -0.39 is 0 Å². The van der Waals surface area contributed by atoms with Crippen molar-refractivity contribution in [2.75, 3.05) is 19.0 Å². The lowest BCUT2D eigenvalue weighted by atomic mass is 9.97. The van der Waals surface area contributed by atoms with Gasteiger partial charge >= 0.3 is 0 Å². The Labute approximate surface area is 125 Å². The molecule has 4 nitrogen and oxygen atoms in total. The van der Waals surface area contributed by atoms with Gasteiger partial charge in [0.1, 0.15) is 0 Å². The number of methoxy groups -OCH3 is 1. The molecule has 2 N–H and O–H groups in total. The summed E-state index contributed by atoms with van der Waals surface area (Å²) in [5.41, 5.74) is 1.54. The molecule has 0 amide bonds. The van der Waals surface area contributed by atoms with Crippen LogP contribution in [0.5, 0.6) is 5.75 Å². The first-order valence-corrected chi connectivity index (χ1v) is 7.42. The number of hydrogen-bond acceptors (Lipinski definition) is 3. The van der Waals surface area contributed by atoms with Crippen LogP contribution in [0.3, 0.4) is 0 Å². The van der Waals surface area contributed by atoms with Gasteiger partial charge in [0, 0.05) is 12.7 Å². The van der Waals surface area contributed by atoms with Gasteiger partial charge in [0.2, 0.25) is 0 Å². The van der Waals surface area contributed by atoms with Crippen LogP contribution < -0.4 is 15.4 Å². The zero-order valence-electron chi connectivity index (χ0n) is 11.8. The molecular formula is C15H21N3OS. The van der Waals surface area contributed by atoms with E-state index in [1.54, 1.807) is 18.9 Å². The quantitative estimate of drug-likeness (QED) is 0.644. The highest BCUT2D eigenvalue weighted by molar-refractivity contribution is 7.80. The molecule has 0 atom stereocenters. The number of aromatic nitrogens is 1. The molecule has 0 aliphatic heterocycles. The number of anilines is 1. The molecule has 108 valence electrons. The van der Waals surface area contributed by atoms with Crippen LogP contribution >= 0.6 is 12.2 Å². The highest BCUT2D eigenvalue weighted by Gasteiger charge is 2.06. The van der Waals surface area contributed by atoms with Crippen LogP contribution in [-0.4, -0.2) is 23.8 Å². The Balaban J connectivity index is 1.76. The molecule has 0 fully saturated rings. The molecule has 1 aromatic rings. The van der Waals surface area contributed by atoms with Crippen molar-refractivity contribution in [2.24, 2.45) is 0 Å². The zero-order chi connectivity index (χ0) is 14.2. The molecule has 5 heteroatoms. The van der Waals surface area contributed by atoms with Gasteiger partial charge in [-0.15, -0.1) is 0 Å². The number of pyridine rings is 1. The van der Waals surface area contributed by atoms with Gasteiger partial charge in [-0.05, 0) is 56.5 Å². The molecule has 0 saturated carbocycles. The van der Waals surface area contributed by atoms with Crippen LogP contribution in [0.25, 0.3) is 0 Å². The molecule has 0 aromatic carbocycles. The minimum absolute atomic E-state index is 0.582. The summed E-state index contributed by atoms with van der Waals surface area (Å²) in [6.45, 7) is 0.854. The first kappa shape index (κ1) is 14.8. The van der Waals surface area contributed by atoms with Crippen molar-refractivity contribution in [2.45, 2.75) is 32.1 Å². The van der Waals surface area contributed by atoms with Gasteiger partial charge in [-0.3, -0.25) is 0 Å². The van der Waals surface area contributed by atoms with Gasteiger partial charge < -0.3 is 15.4 Å². The monoisotopic (exact) mass is 291 g/mol. The molecule has 2 rings (SSSR count). The van der Waals surface area contributed by atoms with E-state index in [4.69, 9.17) is 17.0 Å². The van der Waals surface area contributed by atoms with E-state index in [2.05, 4.69) is 21.7 Å². The fraction of sp³-hybridized carbons (Fsp3) is 0.467. The van der Waals surface area contributed by atoms with E-state index in [9.17, 15) is 0 Å². The van der Waals surface area contributed by atoms with Crippen LogP contribution in [0, 0.1) is 0 Å². The molecule has 0 spiro atoms. The van der Waals surface area contributed by atoms with E-state index in [1.807, 2.05) is 12.1 Å². The van der Waals surface area contributed by atoms with Crippen LogP contribution in [0.2, 0.25) is 0 Å². The molecule has 0 saturated heterocycles. The van der Waals surface area contributed by atoms with E-state index in [1.165, 1.54) is 25.7 Å². The Morgan fingerprint density at radius 2 is 2.35 bits per heavy atom. The number of hydrogen-bond donors (Lipinski definition) is 2. The smallest absolute Gasteiger partial charge is 0.174 e. The Kier molecular flexibility index (Phi) is 5.80. The second-order valence-corrected chi connectivity index (χ2v) is 5.20. The number of nitrogens with one attached hydrogen (secondary N) is 2. The number of ether oxygens (including phenoxy) is 1. The van der Waals surface area contributed by atoms with Gasteiger partial charge in [0.15, 0.2) is 16.7 Å². The van der Waals surface area contributed by atoms with E-state index >= 15 is 0 Å². The summed E-state index contributed by atoms with van der Waals surface area (Å²) in [4.78, 5) is 4.21. The van der Waals surface area contributed by atoms with E-state index in [0.717, 1.165) is 13.0 Å². The summed E-state index contributed by atoms with van der Waals surface area (Å²) in [6, 6.07) is 3.68. The third-order valence-electron chi connectivity index (χ3n) is 3.34. The van der Waals surface area contributed by atoms with E-state index in [0.29, 0.717) is 16.7 Å². The first-order valence-electron chi connectivity index (χ1n) is 7.01. The maximum absolute atomic E-state index is 5.27. The Morgan fingerprint density at radius 1 is 1.45 bits per heavy atom. The van der Waals surface area contributed by atoms with Gasteiger partial charge in [0.05, 0.1) is 7.11 Å². The lowest BCUT2D eigenvalue weighted by Crippen LogP contribution is -2.30. The van der Waals surface area contributed by atoms with Crippen LogP contribution in [0.15, 0.2) is 30.0 Å². The fourth-order valence-corrected chi connectivity index (χ4v) is 2.47. The molecule has 1 aliphatic carbocycles. The summed E-state index contributed by atoms with van der Waals surface area (Å²) in [6.07, 6.45) is 10.2. The molecule has 0 unspecified atom stereocenters. The Morgan fingerprint density at radius 3 is 3.10 bits per heavy atom. The predicted octanol–water partition coefficient (Wildman–Crippen LogP) is 3.27. The van der Waals surface area contributed by atoms with Crippen molar-refractivity contribution in [3.63, 3.8) is 0 Å². The highest BCUT2D eigenvalue weighted by atomic mass is 32.1. The third-order valence-corrected chi connectivity index (χ3v) is 3.59. The zero-order valence-corrected chi connectivity index (χ0v) is 12.6. The SMILES string of the molecule is COc1cccnc1NC(=S)NCCC1=CCCCC1. The summed E-state index contributed by atoms with van der Waals surface area (Å²) in [7, 11) is 1.62. The van der Waals surface area contributed by atoms with Crippen molar-refractivity contribution in [1.29, 1.82) is 0 Å². The van der Waals surface area contributed by atoms with Gasteiger partial charge in [-0.2, -0.15) is 0 Å². The second kappa shape index (κ2) is 7.85. The largest absolute Gasteiger partial charge is 0.493 e. The van der Waals surface area contributed by atoms with Crippen molar-refractivity contribution in [3.8, 4) is 5.75 Å². The molecule has 20 heavy (non-hydrogen) atoms. The fourth-order valence-electron chi connectivity index (χ4n) is 2.27. The van der Waals surface area contributed by atoms with E-state index in [-0.39, 0.29) is 0 Å². The summed E-state index contributed by atoms with van der Waals surface area (Å²) in [5.74, 6) is 1.33. The highest BCUT2D eigenvalue weighted by Crippen LogP contribution is 2.20. The maximum Gasteiger partial charge on any atom is 0.174 e. The predicted molar refractivity (Wildman–Crippen MR) is 86.2 cm³/mol. The molecule has 1 aromatic heterocycles. The molecule has 1 aliphatic rings. The standard InChI is InChI=1S/C15H21N3OS/c1-19-13-8-5-10-16-14(13)18-15(20)17-11-9-12-6-3-2-4-7-12/h5-6,8,10H,2-4,7,9,11H2,1H3,(H2,16,17,18,20). The normalized spacial score (nSPS) is 14.3. The topological polar surface area (TPSA) is 46.2 Å². The second-order valence-electron chi connectivity index (χ2n) is 4.79. The summed E-state index contributed by atoms with van der Waals surface area (Å²) in [5, 5.41) is 6.86. The third kappa shape index (κ3) is 4.49. The molecule has 0 bridgehead atoms. The van der Waals surface area contributed by atoms with Crippen LogP contribution in [-0.2, 0) is 0 Å². The Hall–Kier alpha value is -1.62. The number of nitrogens with zero attached hydrogens (tertiary/aromatic N) is 1. The van der Waals surface area contributed by atoms with Crippen LogP contribution in [0.1, 0.15) is 32.1 Å². The number of rotatable bonds is 5. The first-order chi connectivity index (χ1) is 9.79. The lowest BCUT2D eigenvalue weighted by Gasteiger charge is -2.15. The van der Waals surface area contributed by atoms with Crippen molar-refractivity contribution in [3.05, 3.63) is 30.0 Å². The minimum Gasteiger partial charge on any atom is -0.493 e. The summed E-state index contributed by atoms with van der Waals surface area (Å²) >= 11 is 5.27. The average Bonchev–Trinajstić information content (AvgIpc) is 2.49. The average molecular weight is 291 g/mol. The lowest BCUT2D eigenvalue weighted by molar-refractivity contribution is 0.415.